The van der Waals surface area contributed by atoms with Crippen molar-refractivity contribution >= 4 is 22.9 Å². The first-order valence-corrected chi connectivity index (χ1v) is 7.94. The van der Waals surface area contributed by atoms with Crippen LogP contribution >= 0.6 is 22.9 Å². The van der Waals surface area contributed by atoms with Crippen molar-refractivity contribution in [3.05, 3.63) is 56.7 Å². The maximum Gasteiger partial charge on any atom is 0.0931 e. The fourth-order valence-electron chi connectivity index (χ4n) is 2.67. The molecule has 1 nitrogen and oxygen atoms in total. The Morgan fingerprint density at radius 2 is 2.11 bits per heavy atom. The lowest BCUT2D eigenvalue weighted by molar-refractivity contribution is 0.290. The van der Waals surface area contributed by atoms with Crippen molar-refractivity contribution in [2.45, 2.75) is 38.3 Å². The largest absolute Gasteiger partial charge is 0.309 e. The Kier molecular flexibility index (Phi) is 3.92. The third-order valence-corrected chi connectivity index (χ3v) is 5.08. The van der Waals surface area contributed by atoms with E-state index in [0.29, 0.717) is 6.04 Å². The van der Waals surface area contributed by atoms with Gasteiger partial charge >= 0.3 is 0 Å². The fraction of sp³-hybridized carbons (Fsp3) is 0.375. The number of halogens is 1. The molecule has 1 aromatic heterocycles. The van der Waals surface area contributed by atoms with Gasteiger partial charge in [-0.25, -0.2) is 0 Å². The molecule has 1 saturated carbocycles. The van der Waals surface area contributed by atoms with E-state index in [1.54, 1.807) is 11.3 Å². The molecule has 1 aliphatic carbocycles. The standard InChI is InChI=1S/C16H18ClNS/c1-11-3-2-4-12(7-11)13-8-14(9-13)18-10-15-5-6-16(17)19-15/h2-7,13-14,18H,8-10H2,1H3. The SMILES string of the molecule is Cc1cccc(C2CC(NCc3ccc(Cl)s3)C2)c1. The molecule has 0 bridgehead atoms. The van der Waals surface area contributed by atoms with Gasteiger partial charge in [0.25, 0.3) is 0 Å². The maximum atomic E-state index is 5.93. The number of aryl methyl sites for hydroxylation is 1. The third-order valence-electron chi connectivity index (χ3n) is 3.85. The summed E-state index contributed by atoms with van der Waals surface area (Å²) < 4.78 is 0.878. The van der Waals surface area contributed by atoms with Crippen molar-refractivity contribution in [3.8, 4) is 0 Å². The Morgan fingerprint density at radius 1 is 1.26 bits per heavy atom. The average molecular weight is 292 g/mol. The summed E-state index contributed by atoms with van der Waals surface area (Å²) in [6.07, 6.45) is 2.51. The molecule has 3 heteroatoms. The van der Waals surface area contributed by atoms with Gasteiger partial charge in [0.15, 0.2) is 0 Å². The lowest BCUT2D eigenvalue weighted by Crippen LogP contribution is -2.39. The van der Waals surface area contributed by atoms with Gasteiger partial charge in [-0.15, -0.1) is 11.3 Å². The van der Waals surface area contributed by atoms with Crippen LogP contribution in [0.4, 0.5) is 0 Å². The summed E-state index contributed by atoms with van der Waals surface area (Å²) in [6, 6.07) is 13.6. The second-order valence-electron chi connectivity index (χ2n) is 5.37. The molecule has 1 N–H and O–H groups in total. The molecule has 1 fully saturated rings. The minimum Gasteiger partial charge on any atom is -0.309 e. The third kappa shape index (κ3) is 3.19. The number of hydrogen-bond acceptors (Lipinski definition) is 2. The van der Waals surface area contributed by atoms with E-state index in [1.165, 1.54) is 28.8 Å². The summed E-state index contributed by atoms with van der Waals surface area (Å²) in [5.74, 6) is 0.740. The molecule has 0 amide bonds. The fourth-order valence-corrected chi connectivity index (χ4v) is 3.71. The van der Waals surface area contributed by atoms with Gasteiger partial charge in [0.1, 0.15) is 0 Å². The number of thiophene rings is 1. The molecule has 1 aliphatic rings. The van der Waals surface area contributed by atoms with E-state index in [-0.39, 0.29) is 0 Å². The van der Waals surface area contributed by atoms with Gasteiger partial charge in [-0.05, 0) is 43.4 Å². The Morgan fingerprint density at radius 3 is 2.79 bits per heavy atom. The highest BCUT2D eigenvalue weighted by atomic mass is 35.5. The molecule has 0 atom stereocenters. The van der Waals surface area contributed by atoms with Crippen LogP contribution < -0.4 is 5.32 Å². The van der Waals surface area contributed by atoms with Gasteiger partial charge in [-0.1, -0.05) is 41.4 Å². The molecule has 0 radical (unpaired) electrons. The zero-order valence-electron chi connectivity index (χ0n) is 11.0. The number of rotatable bonds is 4. The summed E-state index contributed by atoms with van der Waals surface area (Å²) in [7, 11) is 0. The van der Waals surface area contributed by atoms with Crippen molar-refractivity contribution in [1.82, 2.24) is 5.32 Å². The number of benzene rings is 1. The highest BCUT2D eigenvalue weighted by molar-refractivity contribution is 7.16. The lowest BCUT2D eigenvalue weighted by atomic mass is 9.75. The van der Waals surface area contributed by atoms with E-state index in [4.69, 9.17) is 11.6 Å². The van der Waals surface area contributed by atoms with Gasteiger partial charge < -0.3 is 5.32 Å². The minimum absolute atomic E-state index is 0.659. The van der Waals surface area contributed by atoms with Crippen molar-refractivity contribution in [3.63, 3.8) is 0 Å². The zero-order valence-corrected chi connectivity index (χ0v) is 12.6. The lowest BCUT2D eigenvalue weighted by Gasteiger charge is -2.36. The van der Waals surface area contributed by atoms with Crippen molar-refractivity contribution in [2.75, 3.05) is 0 Å². The second-order valence-corrected chi connectivity index (χ2v) is 7.17. The molecule has 19 heavy (non-hydrogen) atoms. The quantitative estimate of drug-likeness (QED) is 0.857. The van der Waals surface area contributed by atoms with Gasteiger partial charge in [0.2, 0.25) is 0 Å². The second kappa shape index (κ2) is 5.66. The van der Waals surface area contributed by atoms with Gasteiger partial charge in [0, 0.05) is 17.5 Å². The summed E-state index contributed by atoms with van der Waals surface area (Å²) in [5.41, 5.74) is 2.86. The molecule has 3 rings (SSSR count). The van der Waals surface area contributed by atoms with Gasteiger partial charge in [-0.2, -0.15) is 0 Å². The minimum atomic E-state index is 0.659. The first-order valence-electron chi connectivity index (χ1n) is 6.75. The summed E-state index contributed by atoms with van der Waals surface area (Å²) >= 11 is 7.60. The van der Waals surface area contributed by atoms with Crippen molar-refractivity contribution < 1.29 is 0 Å². The van der Waals surface area contributed by atoms with Crippen molar-refractivity contribution in [1.29, 1.82) is 0 Å². The highest BCUT2D eigenvalue weighted by Gasteiger charge is 2.29. The van der Waals surface area contributed by atoms with Gasteiger partial charge in [-0.3, -0.25) is 0 Å². The molecule has 1 heterocycles. The average Bonchev–Trinajstić information content (AvgIpc) is 2.73. The Bertz CT molecular complexity index is 557. The highest BCUT2D eigenvalue weighted by Crippen LogP contribution is 2.37. The molecular weight excluding hydrogens is 274 g/mol. The van der Waals surface area contributed by atoms with Crippen LogP contribution in [-0.2, 0) is 6.54 Å². The molecule has 100 valence electrons. The van der Waals surface area contributed by atoms with E-state index < -0.39 is 0 Å². The molecule has 2 aromatic rings. The molecular formula is C16H18ClNS. The van der Waals surface area contributed by atoms with Gasteiger partial charge in [0.05, 0.1) is 4.34 Å². The maximum absolute atomic E-state index is 5.93. The van der Waals surface area contributed by atoms with Crippen LogP contribution in [0.3, 0.4) is 0 Å². The topological polar surface area (TPSA) is 12.0 Å². The smallest absolute Gasteiger partial charge is 0.0931 e. The van der Waals surface area contributed by atoms with Crippen molar-refractivity contribution in [2.24, 2.45) is 0 Å². The molecule has 0 unspecified atom stereocenters. The molecule has 0 saturated heterocycles. The van der Waals surface area contributed by atoms with Crippen LogP contribution in [0.15, 0.2) is 36.4 Å². The normalized spacial score (nSPS) is 22.2. The Balaban J connectivity index is 1.48. The van der Waals surface area contributed by atoms with E-state index in [2.05, 4.69) is 42.6 Å². The Hall–Kier alpha value is -0.830. The first-order chi connectivity index (χ1) is 9.20. The summed E-state index contributed by atoms with van der Waals surface area (Å²) in [5, 5.41) is 3.61. The van der Waals surface area contributed by atoms with Crippen LogP contribution in [0.1, 0.15) is 34.8 Å². The van der Waals surface area contributed by atoms with E-state index in [0.717, 1.165) is 16.8 Å². The van der Waals surface area contributed by atoms with Crippen LogP contribution in [0.2, 0.25) is 4.34 Å². The van der Waals surface area contributed by atoms with Crippen LogP contribution in [-0.4, -0.2) is 6.04 Å². The first kappa shape index (κ1) is 13.2. The predicted molar refractivity (Wildman–Crippen MR) is 83.1 cm³/mol. The number of hydrogen-bond donors (Lipinski definition) is 1. The molecule has 0 spiro atoms. The van der Waals surface area contributed by atoms with E-state index >= 15 is 0 Å². The predicted octanol–water partition coefficient (Wildman–Crippen LogP) is 4.75. The monoisotopic (exact) mass is 291 g/mol. The van der Waals surface area contributed by atoms with Crippen LogP contribution in [0.25, 0.3) is 0 Å². The molecule has 1 aromatic carbocycles. The Labute approximate surface area is 123 Å². The molecule has 0 aliphatic heterocycles. The zero-order chi connectivity index (χ0) is 13.2. The summed E-state index contributed by atoms with van der Waals surface area (Å²) in [4.78, 5) is 1.32. The van der Waals surface area contributed by atoms with Crippen LogP contribution in [0.5, 0.6) is 0 Å². The summed E-state index contributed by atoms with van der Waals surface area (Å²) in [6.45, 7) is 3.11. The van der Waals surface area contributed by atoms with Crippen LogP contribution in [0, 0.1) is 6.92 Å². The van der Waals surface area contributed by atoms with E-state index in [1.807, 2.05) is 6.07 Å². The number of nitrogens with one attached hydrogen (secondary N) is 1. The van der Waals surface area contributed by atoms with E-state index in [9.17, 15) is 0 Å².